The first-order valence-electron chi connectivity index (χ1n) is 7.81. The Morgan fingerprint density at radius 3 is 2.54 bits per heavy atom. The van der Waals surface area contributed by atoms with Crippen molar-refractivity contribution in [3.8, 4) is 5.75 Å². The largest absolute Gasteiger partial charge is 0.497 e. The predicted molar refractivity (Wildman–Crippen MR) is 97.7 cm³/mol. The van der Waals surface area contributed by atoms with Gasteiger partial charge in [0, 0.05) is 16.1 Å². The van der Waals surface area contributed by atoms with E-state index in [1.807, 2.05) is 0 Å². The van der Waals surface area contributed by atoms with Gasteiger partial charge in [-0.05, 0) is 55.5 Å². The Balaban J connectivity index is 1.64. The summed E-state index contributed by atoms with van der Waals surface area (Å²) in [6.45, 7) is 1.48. The van der Waals surface area contributed by atoms with Crippen molar-refractivity contribution in [3.05, 3.63) is 59.3 Å². The summed E-state index contributed by atoms with van der Waals surface area (Å²) in [6, 6.07) is 13.3. The third kappa shape index (κ3) is 3.97. The fraction of sp³-hybridized carbons (Fsp3) is 0.158. The molecule has 3 aromatic rings. The van der Waals surface area contributed by atoms with Gasteiger partial charge in [0.2, 0.25) is 5.76 Å². The van der Waals surface area contributed by atoms with Crippen LogP contribution in [0.4, 0.5) is 5.69 Å². The van der Waals surface area contributed by atoms with Gasteiger partial charge in [-0.15, -0.1) is 0 Å². The molecule has 1 unspecified atom stereocenters. The molecular formula is C19H16ClNO5. The lowest BCUT2D eigenvalue weighted by Crippen LogP contribution is -2.29. The summed E-state index contributed by atoms with van der Waals surface area (Å²) < 4.78 is 15.7. The molecule has 0 fully saturated rings. The zero-order valence-electron chi connectivity index (χ0n) is 14.1. The van der Waals surface area contributed by atoms with Crippen molar-refractivity contribution in [3.63, 3.8) is 0 Å². The second kappa shape index (κ2) is 7.49. The van der Waals surface area contributed by atoms with Crippen LogP contribution in [0, 0.1) is 0 Å². The van der Waals surface area contributed by atoms with E-state index in [-0.39, 0.29) is 5.76 Å². The summed E-state index contributed by atoms with van der Waals surface area (Å²) in [7, 11) is 1.56. The lowest BCUT2D eigenvalue weighted by Gasteiger charge is -2.13. The highest BCUT2D eigenvalue weighted by Crippen LogP contribution is 2.24. The number of anilines is 1. The van der Waals surface area contributed by atoms with Crippen LogP contribution in [-0.2, 0) is 9.53 Å². The standard InChI is InChI=1S/C19H16ClNO5/c1-11(18(22)21-14-4-6-15(24-2)7-5-14)25-19(23)17-10-12-9-13(20)3-8-16(12)26-17/h3-11H,1-2H3,(H,21,22). The molecule has 0 radical (unpaired) electrons. The smallest absolute Gasteiger partial charge is 0.375 e. The van der Waals surface area contributed by atoms with Crippen molar-refractivity contribution in [2.24, 2.45) is 0 Å². The Labute approximate surface area is 154 Å². The average molecular weight is 374 g/mol. The molecule has 1 heterocycles. The fourth-order valence-electron chi connectivity index (χ4n) is 2.31. The minimum Gasteiger partial charge on any atom is -0.497 e. The number of carbonyl (C=O) groups is 2. The Hall–Kier alpha value is -2.99. The lowest BCUT2D eigenvalue weighted by atomic mass is 10.2. The number of fused-ring (bicyclic) bond motifs is 1. The number of esters is 1. The number of benzene rings is 2. The Bertz CT molecular complexity index is 948. The number of hydrogen-bond acceptors (Lipinski definition) is 5. The van der Waals surface area contributed by atoms with E-state index in [0.717, 1.165) is 0 Å². The second-order valence-corrected chi connectivity index (χ2v) is 5.99. The molecule has 2 aromatic carbocycles. The minimum absolute atomic E-state index is 0.00589. The van der Waals surface area contributed by atoms with Gasteiger partial charge in [0.1, 0.15) is 11.3 Å². The van der Waals surface area contributed by atoms with Gasteiger partial charge >= 0.3 is 5.97 Å². The highest BCUT2D eigenvalue weighted by molar-refractivity contribution is 6.31. The second-order valence-electron chi connectivity index (χ2n) is 5.56. The van der Waals surface area contributed by atoms with Gasteiger partial charge in [0.15, 0.2) is 6.10 Å². The number of carbonyl (C=O) groups excluding carboxylic acids is 2. The number of ether oxygens (including phenoxy) is 2. The van der Waals surface area contributed by atoms with Gasteiger partial charge in [-0.25, -0.2) is 4.79 Å². The number of amides is 1. The minimum atomic E-state index is -0.999. The van der Waals surface area contributed by atoms with E-state index in [2.05, 4.69) is 5.32 Å². The van der Waals surface area contributed by atoms with Crippen molar-refractivity contribution in [1.29, 1.82) is 0 Å². The molecule has 1 amide bonds. The summed E-state index contributed by atoms with van der Waals surface area (Å²) in [5, 5.41) is 3.88. The maximum Gasteiger partial charge on any atom is 0.375 e. The molecule has 26 heavy (non-hydrogen) atoms. The van der Waals surface area contributed by atoms with Crippen LogP contribution in [0.15, 0.2) is 52.9 Å². The molecule has 0 saturated heterocycles. The third-order valence-electron chi connectivity index (χ3n) is 3.69. The van der Waals surface area contributed by atoms with E-state index >= 15 is 0 Å². The van der Waals surface area contributed by atoms with Gasteiger partial charge < -0.3 is 19.2 Å². The van der Waals surface area contributed by atoms with Crippen LogP contribution in [0.2, 0.25) is 5.02 Å². The van der Waals surface area contributed by atoms with Crippen molar-refractivity contribution < 1.29 is 23.5 Å². The molecular weight excluding hydrogens is 358 g/mol. The normalized spacial score (nSPS) is 11.8. The number of methoxy groups -OCH3 is 1. The molecule has 0 saturated carbocycles. The molecule has 0 bridgehead atoms. The molecule has 1 atom stereocenters. The summed E-state index contributed by atoms with van der Waals surface area (Å²) >= 11 is 5.91. The summed E-state index contributed by atoms with van der Waals surface area (Å²) in [6.07, 6.45) is -0.999. The summed E-state index contributed by atoms with van der Waals surface area (Å²) in [5.74, 6) is -0.504. The maximum atomic E-state index is 12.2. The Kier molecular flexibility index (Phi) is 5.14. The van der Waals surface area contributed by atoms with Crippen molar-refractivity contribution in [2.45, 2.75) is 13.0 Å². The first-order chi connectivity index (χ1) is 12.5. The zero-order valence-corrected chi connectivity index (χ0v) is 14.9. The van der Waals surface area contributed by atoms with Gasteiger partial charge in [-0.1, -0.05) is 11.6 Å². The fourth-order valence-corrected chi connectivity index (χ4v) is 2.49. The number of nitrogens with one attached hydrogen (secondary N) is 1. The SMILES string of the molecule is COc1ccc(NC(=O)C(C)OC(=O)c2cc3cc(Cl)ccc3o2)cc1. The molecule has 0 spiro atoms. The Morgan fingerprint density at radius 2 is 1.85 bits per heavy atom. The third-order valence-corrected chi connectivity index (χ3v) is 3.93. The first-order valence-corrected chi connectivity index (χ1v) is 8.19. The number of furan rings is 1. The number of rotatable bonds is 5. The monoisotopic (exact) mass is 373 g/mol. The zero-order chi connectivity index (χ0) is 18.7. The highest BCUT2D eigenvalue weighted by atomic mass is 35.5. The average Bonchev–Trinajstić information content (AvgIpc) is 3.05. The molecule has 0 aliphatic rings. The van der Waals surface area contributed by atoms with E-state index < -0.39 is 18.0 Å². The molecule has 0 aliphatic carbocycles. The quantitative estimate of drug-likeness (QED) is 0.675. The predicted octanol–water partition coefficient (Wildman–Crippen LogP) is 4.28. The number of halogens is 1. The molecule has 1 aromatic heterocycles. The molecule has 6 nitrogen and oxygen atoms in total. The van der Waals surface area contributed by atoms with Crippen LogP contribution >= 0.6 is 11.6 Å². The van der Waals surface area contributed by atoms with Gasteiger partial charge in [-0.2, -0.15) is 0 Å². The topological polar surface area (TPSA) is 77.8 Å². The van der Waals surface area contributed by atoms with Crippen molar-refractivity contribution >= 4 is 40.1 Å². The van der Waals surface area contributed by atoms with Crippen molar-refractivity contribution in [2.75, 3.05) is 12.4 Å². The van der Waals surface area contributed by atoms with Crippen LogP contribution in [0.25, 0.3) is 11.0 Å². The molecule has 1 N–H and O–H groups in total. The van der Waals surface area contributed by atoms with E-state index in [4.69, 9.17) is 25.5 Å². The lowest BCUT2D eigenvalue weighted by molar-refractivity contribution is -0.123. The van der Waals surface area contributed by atoms with Crippen LogP contribution in [0.3, 0.4) is 0 Å². The molecule has 3 rings (SSSR count). The van der Waals surface area contributed by atoms with Crippen LogP contribution in [0.1, 0.15) is 17.5 Å². The molecule has 134 valence electrons. The summed E-state index contributed by atoms with van der Waals surface area (Å²) in [5.41, 5.74) is 1.08. The van der Waals surface area contributed by atoms with Crippen LogP contribution in [0.5, 0.6) is 5.75 Å². The molecule has 7 heteroatoms. The van der Waals surface area contributed by atoms with Gasteiger partial charge in [0.05, 0.1) is 7.11 Å². The van der Waals surface area contributed by atoms with Crippen LogP contribution < -0.4 is 10.1 Å². The van der Waals surface area contributed by atoms with E-state index in [0.29, 0.717) is 27.4 Å². The number of hydrogen-bond donors (Lipinski definition) is 1. The van der Waals surface area contributed by atoms with E-state index in [1.54, 1.807) is 49.6 Å². The molecule has 0 aliphatic heterocycles. The van der Waals surface area contributed by atoms with Gasteiger partial charge in [0.25, 0.3) is 5.91 Å². The summed E-state index contributed by atoms with van der Waals surface area (Å²) in [4.78, 5) is 24.4. The van der Waals surface area contributed by atoms with E-state index in [9.17, 15) is 9.59 Å². The Morgan fingerprint density at radius 1 is 1.12 bits per heavy atom. The first kappa shape index (κ1) is 17.8. The van der Waals surface area contributed by atoms with Crippen LogP contribution in [-0.4, -0.2) is 25.1 Å². The maximum absolute atomic E-state index is 12.2. The van der Waals surface area contributed by atoms with Gasteiger partial charge in [-0.3, -0.25) is 4.79 Å². The van der Waals surface area contributed by atoms with E-state index in [1.165, 1.54) is 13.0 Å². The highest BCUT2D eigenvalue weighted by Gasteiger charge is 2.21. The van der Waals surface area contributed by atoms with Crippen molar-refractivity contribution in [1.82, 2.24) is 0 Å².